The fourth-order valence-electron chi connectivity index (χ4n) is 5.38. The van der Waals surface area contributed by atoms with Crippen LogP contribution in [-0.4, -0.2) is 20.1 Å². The number of ether oxygens (including phenoxy) is 4. The highest BCUT2D eigenvalue weighted by Gasteiger charge is 2.36. The van der Waals surface area contributed by atoms with Gasteiger partial charge < -0.3 is 18.9 Å². The van der Waals surface area contributed by atoms with Crippen molar-refractivity contribution < 1.29 is 67.0 Å². The van der Waals surface area contributed by atoms with Gasteiger partial charge in [0.05, 0.1) is 18.2 Å². The number of methoxy groups -OCH3 is 1. The van der Waals surface area contributed by atoms with Gasteiger partial charge in [0.2, 0.25) is 34.8 Å². The zero-order chi connectivity index (χ0) is 40.6. The minimum atomic E-state index is -5.35. The second-order valence-corrected chi connectivity index (χ2v) is 13.1. The van der Waals surface area contributed by atoms with Gasteiger partial charge in [-0.2, -0.15) is 26.0 Å². The summed E-state index contributed by atoms with van der Waals surface area (Å²) >= 11 is 0. The van der Waals surface area contributed by atoms with E-state index in [0.29, 0.717) is 28.8 Å². The summed E-state index contributed by atoms with van der Waals surface area (Å²) in [5, 5.41) is 0. The van der Waals surface area contributed by atoms with Crippen LogP contribution in [-0.2, 0) is 10.1 Å². The zero-order valence-corrected chi connectivity index (χ0v) is 29.3. The van der Waals surface area contributed by atoms with Crippen molar-refractivity contribution in [2.24, 2.45) is 0 Å². The summed E-state index contributed by atoms with van der Waals surface area (Å²) in [5.74, 6) is -22.4. The Kier molecular flexibility index (Phi) is 10.7. The lowest BCUT2D eigenvalue weighted by molar-refractivity contribution is 0.356. The Hall–Kier alpha value is -6.57. The Labute approximate surface area is 313 Å². The first-order chi connectivity index (χ1) is 26.5. The number of hydrogen-bond acceptors (Lipinski definition) is 6. The third-order valence-electron chi connectivity index (χ3n) is 8.11. The highest BCUT2D eigenvalue weighted by molar-refractivity contribution is 7.86. The second-order valence-electron chi connectivity index (χ2n) is 11.7. The maximum atomic E-state index is 15.4. The van der Waals surface area contributed by atoms with Gasteiger partial charge in [0.15, 0.2) is 23.3 Å². The van der Waals surface area contributed by atoms with Crippen LogP contribution in [0.1, 0.15) is 11.1 Å². The molecule has 7 nitrogen and oxygen atoms in total. The molecule has 0 saturated heterocycles. The molecule has 286 valence electrons. The van der Waals surface area contributed by atoms with Crippen molar-refractivity contribution in [1.29, 1.82) is 0 Å². The number of rotatable bonds is 10. The molecule has 0 unspecified atom stereocenters. The van der Waals surface area contributed by atoms with Crippen molar-refractivity contribution in [3.05, 3.63) is 143 Å². The monoisotopic (exact) mass is 798 g/mol. The van der Waals surface area contributed by atoms with Crippen molar-refractivity contribution in [3.63, 3.8) is 0 Å². The lowest BCUT2D eigenvalue weighted by Crippen LogP contribution is -2.10. The molecule has 0 radical (unpaired) electrons. The quantitative estimate of drug-likeness (QED) is 0.0639. The summed E-state index contributed by atoms with van der Waals surface area (Å²) in [5.41, 5.74) is -1.86. The maximum Gasteiger partial charge on any atom is 0.298 e. The number of aryl methyl sites for hydroxylation is 1. The smallest absolute Gasteiger partial charge is 0.298 e. The molecule has 16 heteroatoms. The molecule has 0 spiro atoms. The molecule has 0 amide bonds. The van der Waals surface area contributed by atoms with Gasteiger partial charge in [-0.15, -0.1) is 6.42 Å². The largest absolute Gasteiger partial charge is 0.497 e. The first-order valence-corrected chi connectivity index (χ1v) is 17.2. The van der Waals surface area contributed by atoms with Gasteiger partial charge in [-0.25, -0.2) is 17.6 Å². The van der Waals surface area contributed by atoms with E-state index in [1.807, 2.05) is 0 Å². The molecule has 6 aromatic rings. The van der Waals surface area contributed by atoms with Crippen LogP contribution in [0.3, 0.4) is 0 Å². The molecule has 0 bridgehead atoms. The summed E-state index contributed by atoms with van der Waals surface area (Å²) < 4.78 is 178. The third-order valence-corrected chi connectivity index (χ3v) is 8.98. The zero-order valence-electron chi connectivity index (χ0n) is 28.5. The van der Waals surface area contributed by atoms with Gasteiger partial charge in [0.1, 0.15) is 33.6 Å². The normalized spacial score (nSPS) is 11.2. The van der Waals surface area contributed by atoms with Crippen LogP contribution >= 0.6 is 0 Å². The molecular weight excluding hydrogens is 776 g/mol. The minimum absolute atomic E-state index is 0.170. The second kappa shape index (κ2) is 15.3. The number of hydrogen-bond donors (Lipinski definition) is 1. The lowest BCUT2D eigenvalue weighted by atomic mass is 10.0. The summed E-state index contributed by atoms with van der Waals surface area (Å²) in [6, 6.07) is 18.8. The van der Waals surface area contributed by atoms with Gasteiger partial charge in [0.25, 0.3) is 10.1 Å². The predicted octanol–water partition coefficient (Wildman–Crippen LogP) is 11.1. The molecule has 0 aliphatic carbocycles. The summed E-state index contributed by atoms with van der Waals surface area (Å²) in [4.78, 5) is -1.21. The molecule has 0 atom stereocenters. The minimum Gasteiger partial charge on any atom is -0.497 e. The van der Waals surface area contributed by atoms with Crippen LogP contribution in [0.5, 0.6) is 40.2 Å². The molecule has 0 aliphatic heterocycles. The van der Waals surface area contributed by atoms with E-state index in [1.54, 1.807) is 49.4 Å². The number of halogens is 8. The fraction of sp³-hybridized carbons (Fsp3) is 0.0500. The Morgan fingerprint density at radius 3 is 1.55 bits per heavy atom. The molecule has 1 N–H and O–H groups in total. The average Bonchev–Trinajstić information content (AvgIpc) is 3.19. The van der Waals surface area contributed by atoms with E-state index in [1.165, 1.54) is 19.2 Å². The van der Waals surface area contributed by atoms with Crippen LogP contribution in [0.4, 0.5) is 35.1 Å². The van der Waals surface area contributed by atoms with Crippen LogP contribution in [0.15, 0.2) is 89.8 Å². The predicted molar refractivity (Wildman–Crippen MR) is 186 cm³/mol. The highest BCUT2D eigenvalue weighted by atomic mass is 32.2. The van der Waals surface area contributed by atoms with Gasteiger partial charge in [-0.3, -0.25) is 4.55 Å². The summed E-state index contributed by atoms with van der Waals surface area (Å²) in [6.07, 6.45) is 5.43. The number of benzene rings is 6. The standard InChI is InChI=1S/C40H22F8O7S/c1-4-20-6-8-21(9-7-20)25-17-19(2)5-15-26(25)53-24-14-16-27(28(18-24)56(49,50)51)55-40-37(47)33(43)30(34(44)38(40)48)29-31(41)35(45)39(36(46)32(29)42)54-23-12-10-22(52-3)11-13-23/h1,5-18H,2-3H3,(H,49,50,51). The molecule has 0 heterocycles. The SMILES string of the molecule is C#Cc1ccc(-c2cc(C)ccc2Oc2ccc(Oc3c(F)c(F)c(-c4c(F)c(F)c(Oc5ccc(OC)cc5)c(F)c4F)c(F)c3F)c(S(=O)(=O)O)c2)cc1. The fourth-order valence-corrected chi connectivity index (χ4v) is 6.01. The van der Waals surface area contributed by atoms with E-state index >= 15 is 35.1 Å². The van der Waals surface area contributed by atoms with E-state index in [-0.39, 0.29) is 23.0 Å². The maximum absolute atomic E-state index is 15.4. The molecule has 0 aromatic heterocycles. The molecule has 6 rings (SSSR count). The van der Waals surface area contributed by atoms with Crippen molar-refractivity contribution >= 4 is 10.1 Å². The Morgan fingerprint density at radius 2 is 1.05 bits per heavy atom. The Bertz CT molecular complexity index is 2620. The van der Waals surface area contributed by atoms with Crippen molar-refractivity contribution in [3.8, 4) is 74.8 Å². The van der Waals surface area contributed by atoms with Crippen molar-refractivity contribution in [2.45, 2.75) is 11.8 Å². The Morgan fingerprint density at radius 1 is 0.571 bits per heavy atom. The van der Waals surface area contributed by atoms with Crippen LogP contribution in [0.25, 0.3) is 22.3 Å². The van der Waals surface area contributed by atoms with Crippen LogP contribution in [0, 0.1) is 65.8 Å². The van der Waals surface area contributed by atoms with Crippen molar-refractivity contribution in [2.75, 3.05) is 7.11 Å². The lowest BCUT2D eigenvalue weighted by Gasteiger charge is -2.17. The molecular formula is C40H22F8O7S. The highest BCUT2D eigenvalue weighted by Crippen LogP contribution is 2.45. The summed E-state index contributed by atoms with van der Waals surface area (Å²) in [7, 11) is -4.05. The van der Waals surface area contributed by atoms with Crippen LogP contribution in [0.2, 0.25) is 0 Å². The van der Waals surface area contributed by atoms with Crippen LogP contribution < -0.4 is 18.9 Å². The molecule has 0 fully saturated rings. The first-order valence-electron chi connectivity index (χ1n) is 15.7. The first kappa shape index (κ1) is 39.1. The average molecular weight is 799 g/mol. The van der Waals surface area contributed by atoms with E-state index in [9.17, 15) is 13.0 Å². The van der Waals surface area contributed by atoms with Gasteiger partial charge >= 0.3 is 0 Å². The molecule has 56 heavy (non-hydrogen) atoms. The van der Waals surface area contributed by atoms with E-state index < -0.39 is 89.9 Å². The molecule has 0 saturated carbocycles. The van der Waals surface area contributed by atoms with Gasteiger partial charge in [-0.05, 0) is 73.2 Å². The molecule has 6 aromatic carbocycles. The van der Waals surface area contributed by atoms with E-state index in [2.05, 4.69) is 5.92 Å². The summed E-state index contributed by atoms with van der Waals surface area (Å²) in [6.45, 7) is 1.79. The Balaban J connectivity index is 1.37. The van der Waals surface area contributed by atoms with E-state index in [0.717, 1.165) is 23.8 Å². The topological polar surface area (TPSA) is 91.3 Å². The van der Waals surface area contributed by atoms with Gasteiger partial charge in [0, 0.05) is 17.2 Å². The van der Waals surface area contributed by atoms with E-state index in [4.69, 9.17) is 25.4 Å². The van der Waals surface area contributed by atoms with Crippen molar-refractivity contribution in [1.82, 2.24) is 0 Å². The number of terminal acetylenes is 1. The van der Waals surface area contributed by atoms with Gasteiger partial charge in [-0.1, -0.05) is 29.7 Å². The third kappa shape index (κ3) is 7.41. The molecule has 0 aliphatic rings.